The summed E-state index contributed by atoms with van der Waals surface area (Å²) in [6.45, 7) is 2.69. The van der Waals surface area contributed by atoms with Crippen molar-refractivity contribution in [3.8, 4) is 5.75 Å². The molecule has 1 fully saturated rings. The maximum absolute atomic E-state index is 13.3. The lowest BCUT2D eigenvalue weighted by Gasteiger charge is -2.42. The van der Waals surface area contributed by atoms with Crippen LogP contribution in [-0.2, 0) is 4.79 Å². The SMILES string of the molecule is C[C@]1(O)CN(CC(=O)Nc2ccc(Cl)cc2)CC[C@@H]1Oc1cccc(F)c1. The average molecular weight is 393 g/mol. The summed E-state index contributed by atoms with van der Waals surface area (Å²) in [5, 5.41) is 14.2. The molecule has 2 atom stereocenters. The van der Waals surface area contributed by atoms with Crippen LogP contribution in [0.4, 0.5) is 10.1 Å². The predicted octanol–water partition coefficient (Wildman–Crippen LogP) is 3.32. The molecule has 2 aromatic rings. The molecule has 2 aromatic carbocycles. The van der Waals surface area contributed by atoms with Crippen molar-refractivity contribution in [3.63, 3.8) is 0 Å². The lowest BCUT2D eigenvalue weighted by molar-refractivity contribution is -0.123. The van der Waals surface area contributed by atoms with Crippen molar-refractivity contribution in [2.75, 3.05) is 25.0 Å². The van der Waals surface area contributed by atoms with Crippen LogP contribution in [0.3, 0.4) is 0 Å². The van der Waals surface area contributed by atoms with Crippen molar-refractivity contribution in [1.29, 1.82) is 0 Å². The number of rotatable bonds is 5. The van der Waals surface area contributed by atoms with Crippen molar-refractivity contribution in [3.05, 3.63) is 59.4 Å². The van der Waals surface area contributed by atoms with Crippen molar-refractivity contribution in [2.24, 2.45) is 0 Å². The minimum atomic E-state index is -1.16. The molecule has 0 aromatic heterocycles. The number of hydrogen-bond acceptors (Lipinski definition) is 4. The van der Waals surface area contributed by atoms with Crippen LogP contribution in [0, 0.1) is 5.82 Å². The number of nitrogens with zero attached hydrogens (tertiary/aromatic N) is 1. The van der Waals surface area contributed by atoms with Crippen LogP contribution >= 0.6 is 11.6 Å². The van der Waals surface area contributed by atoms with E-state index in [2.05, 4.69) is 5.32 Å². The molecule has 0 saturated carbocycles. The number of carbonyl (C=O) groups excluding carboxylic acids is 1. The highest BCUT2D eigenvalue weighted by molar-refractivity contribution is 6.30. The Hall–Kier alpha value is -2.15. The molecule has 1 heterocycles. The second-order valence-electron chi connectivity index (χ2n) is 6.98. The number of β-amino-alcohol motifs (C(OH)–C–C–N with tert-alkyl or cyclic N) is 1. The van der Waals surface area contributed by atoms with Gasteiger partial charge in [-0.3, -0.25) is 9.69 Å². The monoisotopic (exact) mass is 392 g/mol. The predicted molar refractivity (Wildman–Crippen MR) is 103 cm³/mol. The molecular weight excluding hydrogens is 371 g/mol. The number of aliphatic hydroxyl groups is 1. The van der Waals surface area contributed by atoms with Crippen molar-refractivity contribution >= 4 is 23.2 Å². The Morgan fingerprint density at radius 2 is 2.11 bits per heavy atom. The summed E-state index contributed by atoms with van der Waals surface area (Å²) in [6, 6.07) is 12.7. The Labute approximate surface area is 162 Å². The van der Waals surface area contributed by atoms with Crippen LogP contribution in [0.1, 0.15) is 13.3 Å². The van der Waals surface area contributed by atoms with Gasteiger partial charge in [0.05, 0.1) is 6.54 Å². The van der Waals surface area contributed by atoms with Crippen LogP contribution < -0.4 is 10.1 Å². The molecule has 1 saturated heterocycles. The summed E-state index contributed by atoms with van der Waals surface area (Å²) in [7, 11) is 0. The van der Waals surface area contributed by atoms with Crippen LogP contribution in [-0.4, -0.2) is 47.3 Å². The van der Waals surface area contributed by atoms with Crippen LogP contribution in [0.25, 0.3) is 0 Å². The molecule has 0 radical (unpaired) electrons. The van der Waals surface area contributed by atoms with Crippen LogP contribution in [0.15, 0.2) is 48.5 Å². The topological polar surface area (TPSA) is 61.8 Å². The van der Waals surface area contributed by atoms with Gasteiger partial charge in [0.25, 0.3) is 0 Å². The number of amides is 1. The first-order valence-corrected chi connectivity index (χ1v) is 9.12. The highest BCUT2D eigenvalue weighted by Crippen LogP contribution is 2.26. The maximum atomic E-state index is 13.3. The Balaban J connectivity index is 1.54. The van der Waals surface area contributed by atoms with Gasteiger partial charge in [-0.1, -0.05) is 17.7 Å². The molecule has 0 bridgehead atoms. The molecule has 27 heavy (non-hydrogen) atoms. The fourth-order valence-electron chi connectivity index (χ4n) is 3.21. The van der Waals surface area contributed by atoms with Crippen LogP contribution in [0.2, 0.25) is 5.02 Å². The largest absolute Gasteiger partial charge is 0.487 e. The third kappa shape index (κ3) is 5.42. The summed E-state index contributed by atoms with van der Waals surface area (Å²) in [4.78, 5) is 14.1. The molecule has 144 valence electrons. The van der Waals surface area contributed by atoms with Gasteiger partial charge in [-0.25, -0.2) is 4.39 Å². The number of carbonyl (C=O) groups is 1. The molecule has 0 spiro atoms. The van der Waals surface area contributed by atoms with Gasteiger partial charge in [0, 0.05) is 29.9 Å². The molecular formula is C20H22ClFN2O3. The normalized spacial score (nSPS) is 23.0. The summed E-state index contributed by atoms with van der Waals surface area (Å²) in [5.41, 5.74) is -0.494. The summed E-state index contributed by atoms with van der Waals surface area (Å²) >= 11 is 5.83. The molecule has 1 aliphatic rings. The lowest BCUT2D eigenvalue weighted by Crippen LogP contribution is -2.58. The first-order chi connectivity index (χ1) is 12.8. The molecule has 5 nitrogen and oxygen atoms in total. The molecule has 7 heteroatoms. The lowest BCUT2D eigenvalue weighted by atomic mass is 9.91. The average Bonchev–Trinajstić information content (AvgIpc) is 2.59. The third-order valence-corrected chi connectivity index (χ3v) is 4.77. The molecule has 1 amide bonds. The van der Waals surface area contributed by atoms with E-state index in [0.29, 0.717) is 29.4 Å². The zero-order chi connectivity index (χ0) is 19.4. The molecule has 1 aliphatic heterocycles. The van der Waals surface area contributed by atoms with Crippen LogP contribution in [0.5, 0.6) is 5.75 Å². The summed E-state index contributed by atoms with van der Waals surface area (Å²) in [5.74, 6) is -0.171. The maximum Gasteiger partial charge on any atom is 0.238 e. The quantitative estimate of drug-likeness (QED) is 0.819. The fraction of sp³-hybridized carbons (Fsp3) is 0.350. The Kier molecular flexibility index (Phi) is 5.99. The van der Waals surface area contributed by atoms with E-state index in [4.69, 9.17) is 16.3 Å². The summed E-state index contributed by atoms with van der Waals surface area (Å²) < 4.78 is 19.1. The smallest absolute Gasteiger partial charge is 0.238 e. The highest BCUT2D eigenvalue weighted by Gasteiger charge is 2.40. The van der Waals surface area contributed by atoms with E-state index in [9.17, 15) is 14.3 Å². The molecule has 3 rings (SSSR count). The minimum absolute atomic E-state index is 0.158. The number of anilines is 1. The highest BCUT2D eigenvalue weighted by atomic mass is 35.5. The third-order valence-electron chi connectivity index (χ3n) is 4.51. The molecule has 0 unspecified atom stereocenters. The van der Waals surface area contributed by atoms with Gasteiger partial charge in [0.1, 0.15) is 23.3 Å². The Morgan fingerprint density at radius 3 is 2.78 bits per heavy atom. The molecule has 2 N–H and O–H groups in total. The van der Waals surface area contributed by atoms with E-state index in [1.165, 1.54) is 12.1 Å². The number of hydrogen-bond donors (Lipinski definition) is 2. The first kappa shape index (κ1) is 19.6. The van der Waals surface area contributed by atoms with Gasteiger partial charge < -0.3 is 15.2 Å². The number of ether oxygens (including phenoxy) is 1. The van der Waals surface area contributed by atoms with Gasteiger partial charge in [-0.15, -0.1) is 0 Å². The summed E-state index contributed by atoms with van der Waals surface area (Å²) in [6.07, 6.45) is 0.0486. The zero-order valence-electron chi connectivity index (χ0n) is 15.0. The zero-order valence-corrected chi connectivity index (χ0v) is 15.7. The van der Waals surface area contributed by atoms with E-state index in [1.807, 2.05) is 4.90 Å². The number of likely N-dealkylation sites (tertiary alicyclic amines) is 1. The van der Waals surface area contributed by atoms with E-state index in [1.54, 1.807) is 43.3 Å². The second kappa shape index (κ2) is 8.25. The van der Waals surface area contributed by atoms with Gasteiger partial charge in [-0.05, 0) is 49.7 Å². The van der Waals surface area contributed by atoms with Crippen molar-refractivity contribution < 1.29 is 19.0 Å². The number of benzene rings is 2. The van der Waals surface area contributed by atoms with Gasteiger partial charge in [-0.2, -0.15) is 0 Å². The van der Waals surface area contributed by atoms with Gasteiger partial charge in [0.2, 0.25) is 5.91 Å². The second-order valence-corrected chi connectivity index (χ2v) is 7.41. The van der Waals surface area contributed by atoms with E-state index < -0.39 is 11.7 Å². The Bertz CT molecular complexity index is 798. The van der Waals surface area contributed by atoms with E-state index in [0.717, 1.165) is 0 Å². The van der Waals surface area contributed by atoms with E-state index >= 15 is 0 Å². The van der Waals surface area contributed by atoms with Gasteiger partial charge >= 0.3 is 0 Å². The molecule has 0 aliphatic carbocycles. The Morgan fingerprint density at radius 1 is 1.37 bits per heavy atom. The first-order valence-electron chi connectivity index (χ1n) is 8.74. The number of nitrogens with one attached hydrogen (secondary N) is 1. The van der Waals surface area contributed by atoms with Crippen molar-refractivity contribution in [2.45, 2.75) is 25.0 Å². The number of piperidine rings is 1. The standard InChI is InChI=1S/C20H22ClFN2O3/c1-20(26)13-24(12-19(25)23-16-7-5-14(21)6-8-16)10-9-18(20)27-17-4-2-3-15(22)11-17/h2-8,11,18,26H,9-10,12-13H2,1H3,(H,23,25)/t18-,20-/m0/s1. The van der Waals surface area contributed by atoms with Crippen molar-refractivity contribution in [1.82, 2.24) is 4.90 Å². The van der Waals surface area contributed by atoms with Gasteiger partial charge in [0.15, 0.2) is 0 Å². The minimum Gasteiger partial charge on any atom is -0.487 e. The fourth-order valence-corrected chi connectivity index (χ4v) is 3.33. The van der Waals surface area contributed by atoms with E-state index in [-0.39, 0.29) is 24.8 Å². The number of halogens is 2.